The van der Waals surface area contributed by atoms with Crippen molar-refractivity contribution in [3.05, 3.63) is 231 Å². The van der Waals surface area contributed by atoms with Crippen LogP contribution in [0.25, 0.3) is 88.3 Å². The third kappa shape index (κ3) is 5.38. The molecule has 0 fully saturated rings. The molecule has 11 aromatic carbocycles. The summed E-state index contributed by atoms with van der Waals surface area (Å²) >= 11 is -0.850. The van der Waals surface area contributed by atoms with Crippen molar-refractivity contribution >= 4 is 98.8 Å². The van der Waals surface area contributed by atoms with Crippen molar-refractivity contribution in [2.24, 2.45) is 0 Å². The molecule has 14 rings (SSSR count). The van der Waals surface area contributed by atoms with Crippen LogP contribution in [-0.4, -0.2) is 38.9 Å². The van der Waals surface area contributed by atoms with Crippen molar-refractivity contribution in [3.8, 4) is 66.8 Å². The molecule has 4 radical (unpaired) electrons. The molecular formula is C62H38Ge2Si. The van der Waals surface area contributed by atoms with E-state index in [1.165, 1.54) is 127 Å². The topological polar surface area (TPSA) is 0 Å². The quantitative estimate of drug-likeness (QED) is 0.119. The van der Waals surface area contributed by atoms with Gasteiger partial charge in [0.05, 0.1) is 0 Å². The maximum atomic E-state index is 2.57. The first-order valence-electron chi connectivity index (χ1n) is 22.6. The van der Waals surface area contributed by atoms with Gasteiger partial charge in [0.1, 0.15) is 0 Å². The van der Waals surface area contributed by atoms with E-state index in [4.69, 9.17) is 0 Å². The molecule has 0 atom stereocenters. The molecular weight excluding hydrogens is 918 g/mol. The standard InChI is InChI=1S/C62H38Ge2Si/c1-3-18-39(19-4-1)65(40-20-5-2-6-21-40)58-37-12-9-22-43(58)48-31-15-32-51(62(48)65)59-46-27-13-25-41(44-29-16-35-56-60(44)49-23-7-10-33-54(49)63-56)52(46)38-53-42(26-14-28-47(53)59)45-30-17-36-57-61(45)50-24-8-11-34-55(50)64-57/h1-38H. The van der Waals surface area contributed by atoms with E-state index in [1.807, 2.05) is 0 Å². The third-order valence-corrected chi connectivity index (χ3v) is 25.2. The summed E-state index contributed by atoms with van der Waals surface area (Å²) in [7, 11) is -2.88. The molecule has 3 heteroatoms. The summed E-state index contributed by atoms with van der Waals surface area (Å²) in [5, 5.41) is 11.0. The van der Waals surface area contributed by atoms with Crippen molar-refractivity contribution in [2.75, 3.05) is 0 Å². The summed E-state index contributed by atoms with van der Waals surface area (Å²) < 4.78 is 6.13. The monoisotopic (exact) mass is 958 g/mol. The van der Waals surface area contributed by atoms with Crippen LogP contribution in [0.3, 0.4) is 0 Å². The van der Waals surface area contributed by atoms with Crippen LogP contribution in [0.15, 0.2) is 231 Å². The zero-order valence-corrected chi connectivity index (χ0v) is 40.6. The smallest absolute Gasteiger partial charge is 0.0623 e. The molecule has 0 bridgehead atoms. The molecule has 0 spiro atoms. The average Bonchev–Trinajstić information content (AvgIpc) is 4.05. The van der Waals surface area contributed by atoms with Gasteiger partial charge in [-0.05, 0) is 0 Å². The molecule has 0 unspecified atom stereocenters. The van der Waals surface area contributed by atoms with Crippen molar-refractivity contribution in [3.63, 3.8) is 0 Å². The van der Waals surface area contributed by atoms with Crippen molar-refractivity contribution in [2.45, 2.75) is 0 Å². The predicted octanol–water partition coefficient (Wildman–Crippen LogP) is 9.62. The molecule has 0 saturated heterocycles. The minimum absolute atomic E-state index is 0.425. The van der Waals surface area contributed by atoms with Gasteiger partial charge in [-0.2, -0.15) is 0 Å². The summed E-state index contributed by atoms with van der Waals surface area (Å²) in [6.07, 6.45) is 0. The average molecular weight is 956 g/mol. The number of hydrogen-bond acceptors (Lipinski definition) is 0. The third-order valence-electron chi connectivity index (χ3n) is 14.4. The molecule has 3 aliphatic heterocycles. The van der Waals surface area contributed by atoms with Crippen LogP contribution < -0.4 is 38.3 Å². The summed E-state index contributed by atoms with van der Waals surface area (Å²) in [4.78, 5) is 0. The molecule has 65 heavy (non-hydrogen) atoms. The van der Waals surface area contributed by atoms with Gasteiger partial charge in [0.15, 0.2) is 0 Å². The fourth-order valence-corrected chi connectivity index (χ4v) is 23.1. The van der Waals surface area contributed by atoms with Crippen LogP contribution in [-0.2, 0) is 0 Å². The van der Waals surface area contributed by atoms with Gasteiger partial charge in [-0.15, -0.1) is 0 Å². The normalized spacial score (nSPS) is 13.5. The van der Waals surface area contributed by atoms with Crippen molar-refractivity contribution in [1.29, 1.82) is 0 Å². The Bertz CT molecular complexity index is 3580. The van der Waals surface area contributed by atoms with Gasteiger partial charge in [0.25, 0.3) is 0 Å². The summed E-state index contributed by atoms with van der Waals surface area (Å²) in [5.74, 6) is 0. The van der Waals surface area contributed by atoms with Crippen LogP contribution in [0.2, 0.25) is 0 Å². The molecule has 11 aromatic rings. The van der Waals surface area contributed by atoms with E-state index in [1.54, 1.807) is 0 Å². The Morgan fingerprint density at radius 1 is 0.246 bits per heavy atom. The fraction of sp³-hybridized carbons (Fsp3) is 0. The van der Waals surface area contributed by atoms with Crippen LogP contribution in [0.1, 0.15) is 0 Å². The Kier molecular flexibility index (Phi) is 8.46. The van der Waals surface area contributed by atoms with E-state index in [-0.39, 0.29) is 0 Å². The Balaban J connectivity index is 1.15. The second kappa shape index (κ2) is 14.6. The number of fused-ring (bicyclic) bond motifs is 11. The first-order chi connectivity index (χ1) is 32.3. The Labute approximate surface area is 393 Å². The molecule has 298 valence electrons. The van der Waals surface area contributed by atoms with Gasteiger partial charge in [-0.25, -0.2) is 0 Å². The molecule has 0 aromatic heterocycles. The van der Waals surface area contributed by atoms with Gasteiger partial charge in [-0.3, -0.25) is 0 Å². The zero-order chi connectivity index (χ0) is 42.6. The molecule has 3 heterocycles. The minimum Gasteiger partial charge on any atom is -0.0623 e. The van der Waals surface area contributed by atoms with Crippen LogP contribution in [0.4, 0.5) is 0 Å². The van der Waals surface area contributed by atoms with E-state index >= 15 is 0 Å². The molecule has 0 amide bonds. The van der Waals surface area contributed by atoms with E-state index in [2.05, 4.69) is 231 Å². The van der Waals surface area contributed by atoms with E-state index < -0.39 is 38.9 Å². The van der Waals surface area contributed by atoms with E-state index in [9.17, 15) is 0 Å². The fourth-order valence-electron chi connectivity index (χ4n) is 11.9. The first-order valence-corrected chi connectivity index (χ1v) is 28.8. The minimum atomic E-state index is -2.88. The molecule has 0 nitrogen and oxygen atoms in total. The first kappa shape index (κ1) is 37.6. The molecule has 0 aliphatic carbocycles. The van der Waals surface area contributed by atoms with Gasteiger partial charge in [-0.1, -0.05) is 48.5 Å². The summed E-state index contributed by atoms with van der Waals surface area (Å²) in [6, 6.07) is 88.9. The SMILES string of the molecule is c1ccc([Si]2(c3ccccc3)c3ccccc3-c3cccc(-c4c5cccc(-c6ccc[c]7c6-c6cccc[c]6[Ge]7)c5cc5c(-c6ccc[c]7c6-c6cccc[c]6[Ge]7)cccc45)c32)cc1. The predicted molar refractivity (Wildman–Crippen MR) is 281 cm³/mol. The molecule has 0 N–H and O–H groups in total. The van der Waals surface area contributed by atoms with E-state index in [0.717, 1.165) is 0 Å². The van der Waals surface area contributed by atoms with Crippen molar-refractivity contribution < 1.29 is 0 Å². The van der Waals surface area contributed by atoms with Crippen molar-refractivity contribution in [1.82, 2.24) is 0 Å². The van der Waals surface area contributed by atoms with E-state index in [0.29, 0.717) is 0 Å². The van der Waals surface area contributed by atoms with Gasteiger partial charge in [0.2, 0.25) is 0 Å². The molecule has 0 saturated carbocycles. The van der Waals surface area contributed by atoms with Crippen LogP contribution >= 0.6 is 0 Å². The second-order valence-corrected chi connectivity index (χ2v) is 26.9. The Morgan fingerprint density at radius 2 is 0.646 bits per heavy atom. The van der Waals surface area contributed by atoms with Crippen LogP contribution in [0, 0.1) is 0 Å². The number of rotatable bonds is 5. The van der Waals surface area contributed by atoms with Gasteiger partial charge < -0.3 is 0 Å². The number of hydrogen-bond donors (Lipinski definition) is 0. The van der Waals surface area contributed by atoms with Gasteiger partial charge >= 0.3 is 348 Å². The second-order valence-electron chi connectivity index (χ2n) is 17.6. The summed E-state index contributed by atoms with van der Waals surface area (Å²) in [6.45, 7) is 0. The Morgan fingerprint density at radius 3 is 1.22 bits per heavy atom. The Hall–Kier alpha value is -6.76. The summed E-state index contributed by atoms with van der Waals surface area (Å²) in [5.41, 5.74) is 16.4. The maximum absolute atomic E-state index is 2.88. The van der Waals surface area contributed by atoms with Gasteiger partial charge in [0, 0.05) is 0 Å². The van der Waals surface area contributed by atoms with Crippen LogP contribution in [0.5, 0.6) is 0 Å². The molecule has 3 aliphatic rings. The number of benzene rings is 11. The zero-order valence-electron chi connectivity index (χ0n) is 35.4.